The van der Waals surface area contributed by atoms with Crippen LogP contribution in [0.2, 0.25) is 0 Å². The minimum absolute atomic E-state index is 0.367. The first-order chi connectivity index (χ1) is 8.26. The number of rotatable bonds is 3. The zero-order valence-corrected chi connectivity index (χ0v) is 9.44. The van der Waals surface area contributed by atoms with E-state index in [0.29, 0.717) is 22.8 Å². The van der Waals surface area contributed by atoms with E-state index in [0.717, 1.165) is 0 Å². The van der Waals surface area contributed by atoms with Gasteiger partial charge in [-0.25, -0.2) is 9.37 Å². The summed E-state index contributed by atoms with van der Waals surface area (Å²) in [7, 11) is 3.22. The van der Waals surface area contributed by atoms with Crippen molar-refractivity contribution in [3.63, 3.8) is 0 Å². The van der Waals surface area contributed by atoms with E-state index in [1.165, 1.54) is 25.6 Å². The van der Waals surface area contributed by atoms with E-state index in [1.54, 1.807) is 13.1 Å². The molecule has 2 aromatic rings. The zero-order chi connectivity index (χ0) is 12.3. The maximum Gasteiger partial charge on any atom is 0.156 e. The van der Waals surface area contributed by atoms with Crippen LogP contribution in [0.4, 0.5) is 10.2 Å². The van der Waals surface area contributed by atoms with Gasteiger partial charge in [-0.1, -0.05) is 0 Å². The summed E-state index contributed by atoms with van der Waals surface area (Å²) < 4.78 is 18.4. The highest BCUT2D eigenvalue weighted by Gasteiger charge is 2.13. The first-order valence-corrected chi connectivity index (χ1v) is 4.95. The Morgan fingerprint density at radius 2 is 2.18 bits per heavy atom. The van der Waals surface area contributed by atoms with E-state index in [1.807, 2.05) is 0 Å². The van der Waals surface area contributed by atoms with Gasteiger partial charge in [-0.05, 0) is 18.2 Å². The molecule has 0 radical (unpaired) electrons. The Balaban J connectivity index is 2.62. The average molecular weight is 234 g/mol. The quantitative estimate of drug-likeness (QED) is 0.876. The molecule has 0 saturated carbocycles. The molecule has 1 N–H and O–H groups in total. The number of nitrogens with zero attached hydrogens (tertiary/aromatic N) is 3. The number of anilines is 1. The van der Waals surface area contributed by atoms with Gasteiger partial charge in [0.25, 0.3) is 0 Å². The fourth-order valence-corrected chi connectivity index (χ4v) is 1.51. The second-order valence-corrected chi connectivity index (χ2v) is 3.25. The molecule has 5 nitrogen and oxygen atoms in total. The Bertz CT molecular complexity index is 533. The lowest BCUT2D eigenvalue weighted by Gasteiger charge is -2.09. The molecule has 1 heterocycles. The van der Waals surface area contributed by atoms with E-state index < -0.39 is 0 Å². The third kappa shape index (κ3) is 2.15. The van der Waals surface area contributed by atoms with Crippen molar-refractivity contribution in [1.82, 2.24) is 15.2 Å². The lowest BCUT2D eigenvalue weighted by Crippen LogP contribution is -2.01. The van der Waals surface area contributed by atoms with E-state index in [-0.39, 0.29) is 5.82 Å². The average Bonchev–Trinajstić information content (AvgIpc) is 2.38. The minimum Gasteiger partial charge on any atom is -0.496 e. The molecule has 0 amide bonds. The standard InChI is InChI=1S/C11H11FN4O/c1-13-11-10(16-15-6-14-11)8-5-7(12)3-4-9(8)17-2/h3-6H,1-2H3,(H,13,14,15). The van der Waals surface area contributed by atoms with Crippen molar-refractivity contribution < 1.29 is 9.13 Å². The van der Waals surface area contributed by atoms with E-state index >= 15 is 0 Å². The Kier molecular flexibility index (Phi) is 3.13. The molecule has 0 saturated heterocycles. The molecule has 88 valence electrons. The molecule has 2 rings (SSSR count). The Hall–Kier alpha value is -2.24. The van der Waals surface area contributed by atoms with Crippen LogP contribution < -0.4 is 10.1 Å². The summed E-state index contributed by atoms with van der Waals surface area (Å²) in [6.07, 6.45) is 1.32. The van der Waals surface area contributed by atoms with Gasteiger partial charge in [0.2, 0.25) is 0 Å². The maximum atomic E-state index is 13.3. The number of ether oxygens (including phenoxy) is 1. The van der Waals surface area contributed by atoms with Crippen molar-refractivity contribution in [2.24, 2.45) is 0 Å². The Morgan fingerprint density at radius 3 is 2.88 bits per heavy atom. The first kappa shape index (κ1) is 11.3. The highest BCUT2D eigenvalue weighted by Crippen LogP contribution is 2.32. The zero-order valence-electron chi connectivity index (χ0n) is 9.44. The van der Waals surface area contributed by atoms with Crippen molar-refractivity contribution in [2.45, 2.75) is 0 Å². The number of nitrogens with one attached hydrogen (secondary N) is 1. The van der Waals surface area contributed by atoms with E-state index in [4.69, 9.17) is 4.74 Å². The minimum atomic E-state index is -0.367. The van der Waals surface area contributed by atoms with Gasteiger partial charge >= 0.3 is 0 Å². The smallest absolute Gasteiger partial charge is 0.156 e. The summed E-state index contributed by atoms with van der Waals surface area (Å²) in [6.45, 7) is 0. The maximum absolute atomic E-state index is 13.3. The Morgan fingerprint density at radius 1 is 1.35 bits per heavy atom. The van der Waals surface area contributed by atoms with Gasteiger partial charge in [0.05, 0.1) is 12.7 Å². The number of hydrogen-bond donors (Lipinski definition) is 1. The lowest BCUT2D eigenvalue weighted by atomic mass is 10.1. The number of halogens is 1. The second-order valence-electron chi connectivity index (χ2n) is 3.25. The van der Waals surface area contributed by atoms with Gasteiger partial charge in [-0.3, -0.25) is 0 Å². The van der Waals surface area contributed by atoms with Crippen LogP contribution in [0.1, 0.15) is 0 Å². The van der Waals surface area contributed by atoms with Crippen molar-refractivity contribution in [3.05, 3.63) is 30.3 Å². The first-order valence-electron chi connectivity index (χ1n) is 4.95. The molecule has 6 heteroatoms. The third-order valence-electron chi connectivity index (χ3n) is 2.27. The van der Waals surface area contributed by atoms with Gasteiger partial charge in [-0.2, -0.15) is 0 Å². The van der Waals surface area contributed by atoms with Crippen molar-refractivity contribution >= 4 is 5.82 Å². The number of aromatic nitrogens is 3. The topological polar surface area (TPSA) is 59.9 Å². The molecule has 0 aliphatic carbocycles. The molecular weight excluding hydrogens is 223 g/mol. The molecule has 0 fully saturated rings. The normalized spacial score (nSPS) is 10.1. The van der Waals surface area contributed by atoms with Crippen molar-refractivity contribution in [2.75, 3.05) is 19.5 Å². The summed E-state index contributed by atoms with van der Waals surface area (Å²) in [6, 6.07) is 4.20. The molecule has 0 atom stereocenters. The van der Waals surface area contributed by atoms with Crippen LogP contribution >= 0.6 is 0 Å². The summed E-state index contributed by atoms with van der Waals surface area (Å²) in [5.74, 6) is 0.669. The third-order valence-corrected chi connectivity index (χ3v) is 2.27. The number of hydrogen-bond acceptors (Lipinski definition) is 5. The van der Waals surface area contributed by atoms with Gasteiger partial charge in [0.15, 0.2) is 5.82 Å². The molecule has 0 aliphatic rings. The molecule has 0 unspecified atom stereocenters. The van der Waals surface area contributed by atoms with Gasteiger partial charge in [-0.15, -0.1) is 10.2 Å². The molecular formula is C11H11FN4O. The van der Waals surface area contributed by atoms with Crippen LogP contribution in [0.25, 0.3) is 11.3 Å². The highest BCUT2D eigenvalue weighted by molar-refractivity contribution is 5.75. The second kappa shape index (κ2) is 4.73. The van der Waals surface area contributed by atoms with Crippen LogP contribution in [0, 0.1) is 5.82 Å². The predicted octanol–water partition coefficient (Wildman–Crippen LogP) is 1.73. The van der Waals surface area contributed by atoms with Crippen LogP contribution in [-0.2, 0) is 0 Å². The highest BCUT2D eigenvalue weighted by atomic mass is 19.1. The van der Waals surface area contributed by atoms with Gasteiger partial charge in [0.1, 0.15) is 23.6 Å². The molecule has 0 aliphatic heterocycles. The summed E-state index contributed by atoms with van der Waals surface area (Å²) in [5, 5.41) is 10.5. The molecule has 17 heavy (non-hydrogen) atoms. The molecule has 1 aromatic carbocycles. The Labute approximate surface area is 97.7 Å². The molecule has 0 spiro atoms. The SMILES string of the molecule is CNc1ncnnc1-c1cc(F)ccc1OC. The van der Waals surface area contributed by atoms with Crippen LogP contribution in [0.3, 0.4) is 0 Å². The van der Waals surface area contributed by atoms with Crippen LogP contribution in [0.5, 0.6) is 5.75 Å². The van der Waals surface area contributed by atoms with Crippen molar-refractivity contribution in [1.29, 1.82) is 0 Å². The van der Waals surface area contributed by atoms with E-state index in [9.17, 15) is 4.39 Å². The summed E-state index contributed by atoms with van der Waals surface area (Å²) in [5.41, 5.74) is 0.962. The summed E-state index contributed by atoms with van der Waals surface area (Å²) >= 11 is 0. The van der Waals surface area contributed by atoms with Crippen molar-refractivity contribution in [3.8, 4) is 17.0 Å². The van der Waals surface area contributed by atoms with E-state index in [2.05, 4.69) is 20.5 Å². The predicted molar refractivity (Wildman–Crippen MR) is 61.3 cm³/mol. The lowest BCUT2D eigenvalue weighted by molar-refractivity contribution is 0.415. The molecule has 0 bridgehead atoms. The van der Waals surface area contributed by atoms with Gasteiger partial charge < -0.3 is 10.1 Å². The number of methoxy groups -OCH3 is 1. The molecule has 1 aromatic heterocycles. The van der Waals surface area contributed by atoms with Crippen LogP contribution in [-0.4, -0.2) is 29.3 Å². The largest absolute Gasteiger partial charge is 0.496 e. The monoisotopic (exact) mass is 234 g/mol. The fraction of sp³-hybridized carbons (Fsp3) is 0.182. The van der Waals surface area contributed by atoms with Gasteiger partial charge in [0, 0.05) is 7.05 Å². The fourth-order valence-electron chi connectivity index (χ4n) is 1.51. The van der Waals surface area contributed by atoms with Crippen LogP contribution in [0.15, 0.2) is 24.5 Å². The number of benzene rings is 1. The summed E-state index contributed by atoms with van der Waals surface area (Å²) in [4.78, 5) is 4.02.